The third-order valence-corrected chi connectivity index (χ3v) is 5.60. The fourth-order valence-electron chi connectivity index (χ4n) is 3.17. The predicted octanol–water partition coefficient (Wildman–Crippen LogP) is 5.17. The number of nitrogens with zero attached hydrogens (tertiary/aromatic N) is 3. The fraction of sp³-hybridized carbons (Fsp3) is 0.125. The van der Waals surface area contributed by atoms with Crippen LogP contribution in [0.2, 0.25) is 0 Å². The molecule has 156 valence electrons. The van der Waals surface area contributed by atoms with Crippen molar-refractivity contribution in [3.8, 4) is 11.4 Å². The number of hydrogen-bond acceptors (Lipinski definition) is 4. The first-order valence-corrected chi connectivity index (χ1v) is 10.8. The molecule has 0 aliphatic carbocycles. The van der Waals surface area contributed by atoms with Crippen LogP contribution in [0.3, 0.4) is 0 Å². The molecule has 1 heterocycles. The summed E-state index contributed by atoms with van der Waals surface area (Å²) in [5.74, 6) is 0.406. The Balaban J connectivity index is 1.55. The van der Waals surface area contributed by atoms with Crippen LogP contribution in [0.4, 0.5) is 10.1 Å². The van der Waals surface area contributed by atoms with Crippen molar-refractivity contribution >= 4 is 23.4 Å². The molecular formula is C24H21FN4OS. The van der Waals surface area contributed by atoms with Gasteiger partial charge in [-0.3, -0.25) is 9.36 Å². The van der Waals surface area contributed by atoms with Gasteiger partial charge >= 0.3 is 0 Å². The molecule has 0 spiro atoms. The van der Waals surface area contributed by atoms with Crippen LogP contribution in [0.1, 0.15) is 11.1 Å². The summed E-state index contributed by atoms with van der Waals surface area (Å²) in [5, 5.41) is 12.2. The van der Waals surface area contributed by atoms with Gasteiger partial charge in [0.15, 0.2) is 11.0 Å². The number of halogens is 1. The van der Waals surface area contributed by atoms with Gasteiger partial charge in [-0.15, -0.1) is 10.2 Å². The molecule has 4 aromatic rings. The summed E-state index contributed by atoms with van der Waals surface area (Å²) in [6.07, 6.45) is 0. The predicted molar refractivity (Wildman–Crippen MR) is 121 cm³/mol. The summed E-state index contributed by atoms with van der Waals surface area (Å²) < 4.78 is 15.3. The van der Waals surface area contributed by atoms with E-state index in [4.69, 9.17) is 0 Å². The summed E-state index contributed by atoms with van der Waals surface area (Å²) in [5.41, 5.74) is 3.69. The first kappa shape index (κ1) is 20.8. The zero-order chi connectivity index (χ0) is 21.6. The maximum Gasteiger partial charge on any atom is 0.234 e. The van der Waals surface area contributed by atoms with E-state index in [1.807, 2.05) is 66.1 Å². The van der Waals surface area contributed by atoms with E-state index in [-0.39, 0.29) is 17.5 Å². The molecule has 0 aliphatic rings. The Labute approximate surface area is 184 Å². The zero-order valence-corrected chi connectivity index (χ0v) is 17.8. The highest BCUT2D eigenvalue weighted by atomic mass is 32.2. The Hall–Kier alpha value is -3.45. The Morgan fingerprint density at radius 2 is 1.77 bits per heavy atom. The van der Waals surface area contributed by atoms with Crippen molar-refractivity contribution in [2.75, 3.05) is 11.1 Å². The summed E-state index contributed by atoms with van der Waals surface area (Å²) in [6, 6.07) is 23.8. The number of amides is 1. The van der Waals surface area contributed by atoms with E-state index >= 15 is 0 Å². The third kappa shape index (κ3) is 5.38. The van der Waals surface area contributed by atoms with Crippen molar-refractivity contribution < 1.29 is 9.18 Å². The van der Waals surface area contributed by atoms with Gasteiger partial charge in [0.2, 0.25) is 5.91 Å². The number of thioether (sulfide) groups is 1. The minimum absolute atomic E-state index is 0.117. The molecule has 1 amide bonds. The molecule has 4 rings (SSSR count). The zero-order valence-electron chi connectivity index (χ0n) is 17.0. The molecule has 1 N–H and O–H groups in total. The van der Waals surface area contributed by atoms with E-state index in [0.29, 0.717) is 17.5 Å². The minimum atomic E-state index is -0.305. The van der Waals surface area contributed by atoms with Crippen molar-refractivity contribution in [2.24, 2.45) is 0 Å². The molecule has 0 fully saturated rings. The molecule has 7 heteroatoms. The van der Waals surface area contributed by atoms with Crippen molar-refractivity contribution in [1.82, 2.24) is 14.8 Å². The lowest BCUT2D eigenvalue weighted by Gasteiger charge is -2.11. The molecule has 0 unspecified atom stereocenters. The average molecular weight is 433 g/mol. The van der Waals surface area contributed by atoms with Gasteiger partial charge in [-0.25, -0.2) is 4.39 Å². The average Bonchev–Trinajstić information content (AvgIpc) is 3.16. The number of aromatic nitrogens is 3. The number of aryl methyl sites for hydroxylation is 1. The van der Waals surface area contributed by atoms with E-state index in [2.05, 4.69) is 15.5 Å². The molecule has 3 aromatic carbocycles. The molecule has 0 aliphatic heterocycles. The van der Waals surface area contributed by atoms with E-state index < -0.39 is 0 Å². The van der Waals surface area contributed by atoms with Gasteiger partial charge in [0, 0.05) is 11.3 Å². The van der Waals surface area contributed by atoms with Crippen LogP contribution in [-0.4, -0.2) is 26.4 Å². The van der Waals surface area contributed by atoms with Crippen molar-refractivity contribution in [3.63, 3.8) is 0 Å². The van der Waals surface area contributed by atoms with Crippen LogP contribution in [0.5, 0.6) is 0 Å². The smallest absolute Gasteiger partial charge is 0.234 e. The molecule has 0 atom stereocenters. The van der Waals surface area contributed by atoms with Crippen LogP contribution in [0, 0.1) is 12.7 Å². The Bertz CT molecular complexity index is 1180. The van der Waals surface area contributed by atoms with E-state index in [0.717, 1.165) is 22.4 Å². The van der Waals surface area contributed by atoms with Crippen LogP contribution in [0.15, 0.2) is 84.0 Å². The molecule has 0 bridgehead atoms. The molecule has 0 saturated heterocycles. The number of anilines is 1. The van der Waals surface area contributed by atoms with Crippen molar-refractivity contribution in [1.29, 1.82) is 0 Å². The van der Waals surface area contributed by atoms with Gasteiger partial charge < -0.3 is 5.32 Å². The van der Waals surface area contributed by atoms with E-state index in [1.54, 1.807) is 12.1 Å². The maximum atomic E-state index is 13.4. The van der Waals surface area contributed by atoms with Crippen LogP contribution in [0.25, 0.3) is 11.4 Å². The first-order valence-electron chi connectivity index (χ1n) is 9.81. The highest BCUT2D eigenvalue weighted by molar-refractivity contribution is 7.99. The van der Waals surface area contributed by atoms with Gasteiger partial charge in [-0.1, -0.05) is 54.2 Å². The Morgan fingerprint density at radius 1 is 1.00 bits per heavy atom. The third-order valence-electron chi connectivity index (χ3n) is 4.64. The standard InChI is InChI=1S/C24H21FN4OS/c1-17-6-5-9-21(14-17)26-22(30)16-31-24-28-27-23(19-10-12-20(25)13-11-19)29(24)15-18-7-3-2-4-8-18/h2-14H,15-16H2,1H3,(H,26,30). The van der Waals surface area contributed by atoms with Crippen LogP contribution >= 0.6 is 11.8 Å². The topological polar surface area (TPSA) is 59.8 Å². The molecule has 0 saturated carbocycles. The number of hydrogen-bond donors (Lipinski definition) is 1. The van der Waals surface area contributed by atoms with Crippen LogP contribution < -0.4 is 5.32 Å². The van der Waals surface area contributed by atoms with Gasteiger partial charge in [0.05, 0.1) is 12.3 Å². The molecule has 5 nitrogen and oxygen atoms in total. The first-order chi connectivity index (χ1) is 15.1. The molecule has 31 heavy (non-hydrogen) atoms. The highest BCUT2D eigenvalue weighted by Gasteiger charge is 2.16. The lowest BCUT2D eigenvalue weighted by atomic mass is 10.2. The quantitative estimate of drug-likeness (QED) is 0.409. The number of benzene rings is 3. The van der Waals surface area contributed by atoms with Gasteiger partial charge in [0.25, 0.3) is 0 Å². The number of carbonyl (C=O) groups is 1. The van der Waals surface area contributed by atoms with Gasteiger partial charge in [0.1, 0.15) is 5.82 Å². The summed E-state index contributed by atoms with van der Waals surface area (Å²) in [7, 11) is 0. The second-order valence-electron chi connectivity index (χ2n) is 7.09. The summed E-state index contributed by atoms with van der Waals surface area (Å²) in [6.45, 7) is 2.52. The minimum Gasteiger partial charge on any atom is -0.325 e. The second kappa shape index (κ2) is 9.57. The number of nitrogens with one attached hydrogen (secondary N) is 1. The summed E-state index contributed by atoms with van der Waals surface area (Å²) >= 11 is 1.32. The largest absolute Gasteiger partial charge is 0.325 e. The monoisotopic (exact) mass is 432 g/mol. The van der Waals surface area contributed by atoms with Gasteiger partial charge in [-0.2, -0.15) is 0 Å². The SMILES string of the molecule is Cc1cccc(NC(=O)CSc2nnc(-c3ccc(F)cc3)n2Cc2ccccc2)c1. The molecule has 1 aromatic heterocycles. The summed E-state index contributed by atoms with van der Waals surface area (Å²) in [4.78, 5) is 12.4. The van der Waals surface area contributed by atoms with Crippen molar-refractivity contribution in [3.05, 3.63) is 95.8 Å². The maximum absolute atomic E-state index is 13.4. The van der Waals surface area contributed by atoms with E-state index in [1.165, 1.54) is 23.9 Å². The van der Waals surface area contributed by atoms with Crippen molar-refractivity contribution in [2.45, 2.75) is 18.6 Å². The normalized spacial score (nSPS) is 10.8. The molecular weight excluding hydrogens is 411 g/mol. The molecule has 0 radical (unpaired) electrons. The van der Waals surface area contributed by atoms with Gasteiger partial charge in [-0.05, 0) is 54.4 Å². The number of carbonyl (C=O) groups excluding carboxylic acids is 1. The van der Waals surface area contributed by atoms with Crippen LogP contribution in [-0.2, 0) is 11.3 Å². The Morgan fingerprint density at radius 3 is 2.52 bits per heavy atom. The lowest BCUT2D eigenvalue weighted by Crippen LogP contribution is -2.15. The lowest BCUT2D eigenvalue weighted by molar-refractivity contribution is -0.113. The van der Waals surface area contributed by atoms with E-state index in [9.17, 15) is 9.18 Å². The number of rotatable bonds is 7. The highest BCUT2D eigenvalue weighted by Crippen LogP contribution is 2.25. The Kier molecular flexibility index (Phi) is 6.43. The second-order valence-corrected chi connectivity index (χ2v) is 8.03. The fourth-order valence-corrected chi connectivity index (χ4v) is 3.90.